The Morgan fingerprint density at radius 1 is 1.32 bits per heavy atom. The van der Waals surface area contributed by atoms with Crippen LogP contribution in [-0.2, 0) is 21.3 Å². The molecule has 1 aromatic heterocycles. The number of hydrogen-bond acceptors (Lipinski definition) is 7. The van der Waals surface area contributed by atoms with Gasteiger partial charge in [0, 0.05) is 12.6 Å². The zero-order chi connectivity index (χ0) is 20.1. The third-order valence-electron chi connectivity index (χ3n) is 5.12. The van der Waals surface area contributed by atoms with Crippen LogP contribution in [0.3, 0.4) is 0 Å². The first-order valence-corrected chi connectivity index (χ1v) is 11.6. The van der Waals surface area contributed by atoms with Crippen molar-refractivity contribution >= 4 is 32.8 Å². The summed E-state index contributed by atoms with van der Waals surface area (Å²) in [6, 6.07) is 4.84. The molecule has 2 heterocycles. The van der Waals surface area contributed by atoms with E-state index in [1.807, 2.05) is 13.8 Å². The summed E-state index contributed by atoms with van der Waals surface area (Å²) in [6.45, 7) is 4.66. The summed E-state index contributed by atoms with van der Waals surface area (Å²) in [5, 5.41) is 0.123. The Kier molecular flexibility index (Phi) is 5.09. The lowest BCUT2D eigenvalue weighted by Crippen LogP contribution is -2.36. The van der Waals surface area contributed by atoms with Crippen LogP contribution in [0.2, 0.25) is 0 Å². The van der Waals surface area contributed by atoms with Gasteiger partial charge >= 0.3 is 5.69 Å². The Hall–Kier alpha value is -1.37. The van der Waals surface area contributed by atoms with E-state index in [0.29, 0.717) is 24.2 Å². The van der Waals surface area contributed by atoms with Gasteiger partial charge in [0.15, 0.2) is 5.50 Å². The first kappa shape index (κ1) is 19.9. The lowest BCUT2D eigenvalue weighted by molar-refractivity contribution is 0.187. The number of sulfonamides is 1. The third-order valence-corrected chi connectivity index (χ3v) is 7.87. The van der Waals surface area contributed by atoms with E-state index in [-0.39, 0.29) is 27.0 Å². The fourth-order valence-electron chi connectivity index (χ4n) is 3.30. The number of imidazole rings is 1. The lowest BCUT2D eigenvalue weighted by atomic mass is 10.3. The van der Waals surface area contributed by atoms with E-state index in [4.69, 9.17) is 4.74 Å². The summed E-state index contributed by atoms with van der Waals surface area (Å²) in [5.41, 5.74) is 6.54. The molecule has 3 N–H and O–H groups in total. The second-order valence-corrected chi connectivity index (χ2v) is 10.6. The minimum Gasteiger partial charge on any atom is -0.383 e. The fraction of sp³-hybridized carbons (Fsp3) is 0.588. The van der Waals surface area contributed by atoms with Gasteiger partial charge in [0.1, 0.15) is 0 Å². The number of hydrogen-bond donors (Lipinski definition) is 3. The van der Waals surface area contributed by atoms with Crippen LogP contribution in [0, 0.1) is 0 Å². The number of rotatable bonds is 7. The van der Waals surface area contributed by atoms with E-state index in [1.54, 1.807) is 46.2 Å². The van der Waals surface area contributed by atoms with Gasteiger partial charge in [-0.1, -0.05) is 11.8 Å². The lowest BCUT2D eigenvalue weighted by Gasteiger charge is -2.14. The highest BCUT2D eigenvalue weighted by Crippen LogP contribution is 2.36. The molecule has 2 aromatic rings. The first-order chi connectivity index (χ1) is 13.2. The van der Waals surface area contributed by atoms with Gasteiger partial charge in [-0.3, -0.25) is 9.13 Å². The van der Waals surface area contributed by atoms with E-state index in [9.17, 15) is 13.2 Å². The van der Waals surface area contributed by atoms with Gasteiger partial charge in [0.05, 0.1) is 34.5 Å². The average molecular weight is 428 g/mol. The monoisotopic (exact) mass is 427 g/mol. The number of nitrogens with zero attached hydrogens (tertiary/aromatic N) is 2. The summed E-state index contributed by atoms with van der Waals surface area (Å²) in [7, 11) is -2.08. The standard InChI is InChI=1S/C17H25N5O4S2/c1-11-18-19-15(27-11)22-14-10-12(28(24,25)20-17(2)6-7-17)4-5-13(14)21(16(22)23)8-9-26-3/h4-5,10-11,15,18-20H,6-9H2,1-3H3. The van der Waals surface area contributed by atoms with Crippen molar-refractivity contribution in [3.05, 3.63) is 28.7 Å². The van der Waals surface area contributed by atoms with E-state index in [0.717, 1.165) is 12.8 Å². The van der Waals surface area contributed by atoms with E-state index in [1.165, 1.54) is 0 Å². The van der Waals surface area contributed by atoms with Gasteiger partial charge in [0.25, 0.3) is 0 Å². The number of hydrazine groups is 1. The van der Waals surface area contributed by atoms with Crippen LogP contribution in [-0.4, -0.2) is 42.2 Å². The van der Waals surface area contributed by atoms with Crippen LogP contribution in [0.4, 0.5) is 0 Å². The van der Waals surface area contributed by atoms with Crippen LogP contribution >= 0.6 is 11.8 Å². The predicted molar refractivity (Wildman–Crippen MR) is 108 cm³/mol. The molecule has 2 aliphatic rings. The molecule has 0 bridgehead atoms. The normalized spacial score (nSPS) is 24.1. The molecule has 4 rings (SSSR count). The molecule has 28 heavy (non-hydrogen) atoms. The van der Waals surface area contributed by atoms with Crippen LogP contribution in [0.5, 0.6) is 0 Å². The molecule has 11 heteroatoms. The highest BCUT2D eigenvalue weighted by atomic mass is 32.2. The Morgan fingerprint density at radius 2 is 2.07 bits per heavy atom. The smallest absolute Gasteiger partial charge is 0.331 e. The highest BCUT2D eigenvalue weighted by molar-refractivity contribution is 8.00. The number of methoxy groups -OCH3 is 1. The Morgan fingerprint density at radius 3 is 2.68 bits per heavy atom. The molecular weight excluding hydrogens is 402 g/mol. The number of ether oxygens (including phenoxy) is 1. The van der Waals surface area contributed by atoms with Crippen molar-refractivity contribution < 1.29 is 13.2 Å². The maximum atomic E-state index is 13.1. The van der Waals surface area contributed by atoms with Gasteiger partial charge < -0.3 is 4.74 Å². The van der Waals surface area contributed by atoms with Gasteiger partial charge in [-0.25, -0.2) is 28.8 Å². The molecule has 9 nitrogen and oxygen atoms in total. The average Bonchev–Trinajstić information content (AvgIpc) is 3.08. The van der Waals surface area contributed by atoms with Crippen LogP contribution in [0.1, 0.15) is 32.2 Å². The number of aromatic nitrogens is 2. The van der Waals surface area contributed by atoms with Gasteiger partial charge in [-0.2, -0.15) is 0 Å². The van der Waals surface area contributed by atoms with Crippen LogP contribution < -0.4 is 21.3 Å². The van der Waals surface area contributed by atoms with Crippen molar-refractivity contribution in [1.82, 2.24) is 24.7 Å². The number of thioether (sulfide) groups is 1. The topological polar surface area (TPSA) is 106 Å². The summed E-state index contributed by atoms with van der Waals surface area (Å²) in [5.74, 6) is 0. The maximum Gasteiger partial charge on any atom is 0.331 e. The van der Waals surface area contributed by atoms with Crippen molar-refractivity contribution in [3.8, 4) is 0 Å². The van der Waals surface area contributed by atoms with Gasteiger partial charge in [-0.15, -0.1) is 0 Å². The zero-order valence-corrected chi connectivity index (χ0v) is 17.7. The molecule has 154 valence electrons. The largest absolute Gasteiger partial charge is 0.383 e. The summed E-state index contributed by atoms with van der Waals surface area (Å²) in [6.07, 6.45) is 1.66. The molecule has 2 atom stereocenters. The molecular formula is C17H25N5O4S2. The second kappa shape index (κ2) is 7.15. The van der Waals surface area contributed by atoms with Crippen LogP contribution in [0.15, 0.2) is 27.9 Å². The predicted octanol–water partition coefficient (Wildman–Crippen LogP) is 0.923. The van der Waals surface area contributed by atoms with E-state index in [2.05, 4.69) is 15.6 Å². The minimum atomic E-state index is -3.66. The third kappa shape index (κ3) is 3.62. The molecule has 1 saturated heterocycles. The highest BCUT2D eigenvalue weighted by Gasteiger charge is 2.41. The fourth-order valence-corrected chi connectivity index (χ4v) is 5.77. The van der Waals surface area contributed by atoms with E-state index < -0.39 is 10.0 Å². The van der Waals surface area contributed by atoms with Crippen molar-refractivity contribution in [2.45, 2.75) is 54.5 Å². The number of benzene rings is 1. The molecule has 0 amide bonds. The molecule has 1 aromatic carbocycles. The molecule has 0 radical (unpaired) electrons. The van der Waals surface area contributed by atoms with Gasteiger partial charge in [0.2, 0.25) is 10.0 Å². The molecule has 1 aliphatic heterocycles. The van der Waals surface area contributed by atoms with E-state index >= 15 is 0 Å². The molecule has 0 spiro atoms. The molecule has 1 saturated carbocycles. The molecule has 1 aliphatic carbocycles. The van der Waals surface area contributed by atoms with Crippen molar-refractivity contribution in [2.24, 2.45) is 0 Å². The Balaban J connectivity index is 1.83. The SMILES string of the molecule is COCCn1c(=O)n(C2NNC(C)S2)c2cc(S(=O)(=O)NC3(C)CC3)ccc21. The maximum absolute atomic E-state index is 13.1. The number of fused-ring (bicyclic) bond motifs is 1. The molecule has 2 unspecified atom stereocenters. The van der Waals surface area contributed by atoms with Crippen LogP contribution in [0.25, 0.3) is 11.0 Å². The van der Waals surface area contributed by atoms with Crippen molar-refractivity contribution in [3.63, 3.8) is 0 Å². The van der Waals surface area contributed by atoms with Crippen molar-refractivity contribution in [1.29, 1.82) is 0 Å². The summed E-state index contributed by atoms with van der Waals surface area (Å²) in [4.78, 5) is 13.3. The minimum absolute atomic E-state index is 0.123. The molecule has 2 fully saturated rings. The number of nitrogens with one attached hydrogen (secondary N) is 3. The van der Waals surface area contributed by atoms with Gasteiger partial charge in [-0.05, 0) is 44.9 Å². The first-order valence-electron chi connectivity index (χ1n) is 9.18. The summed E-state index contributed by atoms with van der Waals surface area (Å²) >= 11 is 1.55. The Labute approximate surface area is 167 Å². The second-order valence-electron chi connectivity index (χ2n) is 7.53. The van der Waals surface area contributed by atoms with Crippen molar-refractivity contribution in [2.75, 3.05) is 13.7 Å². The zero-order valence-electron chi connectivity index (χ0n) is 16.1. The summed E-state index contributed by atoms with van der Waals surface area (Å²) < 4.78 is 36.8. The Bertz CT molecular complexity index is 1060. The quantitative estimate of drug-likeness (QED) is 0.603.